The molecule has 1 aromatic heterocycles. The van der Waals surface area contributed by atoms with E-state index in [1.165, 1.54) is 35.7 Å². The first-order valence-corrected chi connectivity index (χ1v) is 5.67. The van der Waals surface area contributed by atoms with Crippen LogP contribution in [-0.2, 0) is 0 Å². The van der Waals surface area contributed by atoms with Gasteiger partial charge in [-0.3, -0.25) is 0 Å². The predicted molar refractivity (Wildman–Crippen MR) is 69.8 cm³/mol. The molecule has 3 N–H and O–H groups in total. The molecule has 1 fully saturated rings. The Labute approximate surface area is 102 Å². The number of H-pyrrole nitrogens is 1. The molecular formula is C13H17ClN2. The average molecular weight is 237 g/mol. The molecule has 1 saturated carbocycles. The van der Waals surface area contributed by atoms with E-state index in [1.807, 2.05) is 6.20 Å². The summed E-state index contributed by atoms with van der Waals surface area (Å²) in [6.45, 7) is 0. The molecule has 3 heteroatoms. The van der Waals surface area contributed by atoms with Crippen molar-refractivity contribution < 1.29 is 0 Å². The lowest BCUT2D eigenvalue weighted by atomic mass is 9.77. The second kappa shape index (κ2) is 4.48. The van der Waals surface area contributed by atoms with Crippen molar-refractivity contribution in [1.29, 1.82) is 0 Å². The number of fused-ring (bicyclic) bond motifs is 1. The molecule has 0 aliphatic heterocycles. The van der Waals surface area contributed by atoms with Crippen molar-refractivity contribution in [2.45, 2.75) is 25.3 Å². The van der Waals surface area contributed by atoms with E-state index in [0.717, 1.165) is 0 Å². The second-order valence-corrected chi connectivity index (χ2v) is 4.54. The molecule has 86 valence electrons. The van der Waals surface area contributed by atoms with E-state index in [4.69, 9.17) is 5.73 Å². The fourth-order valence-electron chi connectivity index (χ4n) is 2.35. The molecule has 0 amide bonds. The van der Waals surface area contributed by atoms with Crippen LogP contribution in [0.2, 0.25) is 0 Å². The monoisotopic (exact) mass is 236 g/mol. The van der Waals surface area contributed by atoms with Gasteiger partial charge in [0.1, 0.15) is 0 Å². The Hall–Kier alpha value is -0.990. The van der Waals surface area contributed by atoms with Crippen molar-refractivity contribution in [3.05, 3.63) is 36.0 Å². The van der Waals surface area contributed by atoms with Gasteiger partial charge in [0.2, 0.25) is 0 Å². The summed E-state index contributed by atoms with van der Waals surface area (Å²) < 4.78 is 0. The van der Waals surface area contributed by atoms with Gasteiger partial charge in [0.05, 0.1) is 0 Å². The van der Waals surface area contributed by atoms with Gasteiger partial charge in [-0.05, 0) is 47.9 Å². The number of aromatic amines is 1. The van der Waals surface area contributed by atoms with E-state index in [9.17, 15) is 0 Å². The Kier molecular flexibility index (Phi) is 3.22. The van der Waals surface area contributed by atoms with Gasteiger partial charge in [0, 0.05) is 17.8 Å². The number of rotatable bonds is 2. The van der Waals surface area contributed by atoms with E-state index < -0.39 is 0 Å². The minimum absolute atomic E-state index is 0. The van der Waals surface area contributed by atoms with Crippen molar-refractivity contribution in [3.8, 4) is 0 Å². The molecule has 1 atom stereocenters. The third kappa shape index (κ3) is 1.83. The van der Waals surface area contributed by atoms with Crippen LogP contribution in [0.3, 0.4) is 0 Å². The minimum atomic E-state index is 0. The molecule has 0 unspecified atom stereocenters. The van der Waals surface area contributed by atoms with Gasteiger partial charge in [-0.25, -0.2) is 0 Å². The number of hydrogen-bond donors (Lipinski definition) is 2. The maximum absolute atomic E-state index is 6.25. The number of benzene rings is 1. The molecule has 1 heterocycles. The number of nitrogens with one attached hydrogen (secondary N) is 1. The summed E-state index contributed by atoms with van der Waals surface area (Å²) in [5.41, 5.74) is 8.73. The SMILES string of the molecule is Cl.N[C@H](c1ccc2[nH]ccc2c1)C1CCC1. The van der Waals surface area contributed by atoms with Crippen LogP contribution in [0, 0.1) is 5.92 Å². The summed E-state index contributed by atoms with van der Waals surface area (Å²) in [5, 5.41) is 1.27. The maximum Gasteiger partial charge on any atom is 0.0454 e. The molecule has 0 saturated heterocycles. The van der Waals surface area contributed by atoms with Crippen LogP contribution in [0.15, 0.2) is 30.5 Å². The van der Waals surface area contributed by atoms with Crippen LogP contribution in [0.5, 0.6) is 0 Å². The third-order valence-corrected chi connectivity index (χ3v) is 3.62. The molecule has 16 heavy (non-hydrogen) atoms. The highest BCUT2D eigenvalue weighted by molar-refractivity contribution is 5.85. The number of nitrogens with two attached hydrogens (primary N) is 1. The van der Waals surface area contributed by atoms with Crippen molar-refractivity contribution >= 4 is 23.3 Å². The van der Waals surface area contributed by atoms with Crippen molar-refractivity contribution in [2.75, 3.05) is 0 Å². The highest BCUT2D eigenvalue weighted by Gasteiger charge is 2.25. The summed E-state index contributed by atoms with van der Waals surface area (Å²) in [6, 6.07) is 8.84. The van der Waals surface area contributed by atoms with Gasteiger partial charge in [-0.1, -0.05) is 12.5 Å². The minimum Gasteiger partial charge on any atom is -0.361 e. The van der Waals surface area contributed by atoms with Crippen LogP contribution in [0.4, 0.5) is 0 Å². The zero-order chi connectivity index (χ0) is 10.3. The van der Waals surface area contributed by atoms with Gasteiger partial charge in [-0.15, -0.1) is 12.4 Å². The first-order chi connectivity index (χ1) is 7.34. The van der Waals surface area contributed by atoms with Crippen LogP contribution >= 0.6 is 12.4 Å². The van der Waals surface area contributed by atoms with Gasteiger partial charge < -0.3 is 10.7 Å². The number of halogens is 1. The van der Waals surface area contributed by atoms with E-state index >= 15 is 0 Å². The smallest absolute Gasteiger partial charge is 0.0454 e. The fraction of sp³-hybridized carbons (Fsp3) is 0.385. The molecule has 0 bridgehead atoms. The zero-order valence-corrected chi connectivity index (χ0v) is 9.96. The van der Waals surface area contributed by atoms with Gasteiger partial charge in [-0.2, -0.15) is 0 Å². The standard InChI is InChI=1S/C13H16N2.ClH/c14-13(9-2-1-3-9)11-4-5-12-10(8-11)6-7-15-12;/h4-9,13,15H,1-3,14H2;1H/t13-;/m0./s1. The van der Waals surface area contributed by atoms with Gasteiger partial charge >= 0.3 is 0 Å². The Morgan fingerprint density at radius 3 is 2.75 bits per heavy atom. The Balaban J connectivity index is 0.000000963. The third-order valence-electron chi connectivity index (χ3n) is 3.62. The lowest BCUT2D eigenvalue weighted by Crippen LogP contribution is -2.26. The van der Waals surface area contributed by atoms with Crippen molar-refractivity contribution in [1.82, 2.24) is 4.98 Å². The van der Waals surface area contributed by atoms with Gasteiger partial charge in [0.15, 0.2) is 0 Å². The topological polar surface area (TPSA) is 41.8 Å². The summed E-state index contributed by atoms with van der Waals surface area (Å²) in [7, 11) is 0. The number of hydrogen-bond acceptors (Lipinski definition) is 1. The van der Waals surface area contributed by atoms with E-state index in [-0.39, 0.29) is 18.4 Å². The molecule has 0 spiro atoms. The van der Waals surface area contributed by atoms with E-state index in [2.05, 4.69) is 29.2 Å². The highest BCUT2D eigenvalue weighted by Crippen LogP contribution is 2.36. The van der Waals surface area contributed by atoms with Gasteiger partial charge in [0.25, 0.3) is 0 Å². The first-order valence-electron chi connectivity index (χ1n) is 5.67. The van der Waals surface area contributed by atoms with E-state index in [0.29, 0.717) is 5.92 Å². The molecular weight excluding hydrogens is 220 g/mol. The maximum atomic E-state index is 6.25. The molecule has 1 aliphatic rings. The molecule has 2 nitrogen and oxygen atoms in total. The second-order valence-electron chi connectivity index (χ2n) is 4.54. The van der Waals surface area contributed by atoms with E-state index in [1.54, 1.807) is 0 Å². The van der Waals surface area contributed by atoms with Crippen LogP contribution in [0.1, 0.15) is 30.9 Å². The predicted octanol–water partition coefficient (Wildman–Crippen LogP) is 3.39. The molecule has 1 aromatic carbocycles. The summed E-state index contributed by atoms with van der Waals surface area (Å²) >= 11 is 0. The summed E-state index contributed by atoms with van der Waals surface area (Å²) in [5.74, 6) is 0.710. The average Bonchev–Trinajstić information content (AvgIpc) is 2.61. The van der Waals surface area contributed by atoms with Crippen LogP contribution in [-0.4, -0.2) is 4.98 Å². The van der Waals surface area contributed by atoms with Crippen molar-refractivity contribution in [3.63, 3.8) is 0 Å². The lowest BCUT2D eigenvalue weighted by molar-refractivity contribution is 0.264. The molecule has 3 rings (SSSR count). The lowest BCUT2D eigenvalue weighted by Gasteiger charge is -2.31. The summed E-state index contributed by atoms with van der Waals surface area (Å²) in [4.78, 5) is 3.20. The zero-order valence-electron chi connectivity index (χ0n) is 9.15. The van der Waals surface area contributed by atoms with Crippen LogP contribution in [0.25, 0.3) is 10.9 Å². The number of aromatic nitrogens is 1. The molecule has 0 radical (unpaired) electrons. The largest absolute Gasteiger partial charge is 0.361 e. The molecule has 2 aromatic rings. The highest BCUT2D eigenvalue weighted by atomic mass is 35.5. The van der Waals surface area contributed by atoms with Crippen LogP contribution < -0.4 is 5.73 Å². The Morgan fingerprint density at radius 2 is 2.06 bits per heavy atom. The van der Waals surface area contributed by atoms with Crippen molar-refractivity contribution in [2.24, 2.45) is 11.7 Å². The normalized spacial score (nSPS) is 17.8. The first kappa shape index (κ1) is 11.5. The Bertz CT molecular complexity index is 473. The quantitative estimate of drug-likeness (QED) is 0.825. The fourth-order valence-corrected chi connectivity index (χ4v) is 2.35. The molecule has 1 aliphatic carbocycles. The summed E-state index contributed by atoms with van der Waals surface area (Å²) in [6.07, 6.45) is 5.92. The Morgan fingerprint density at radius 1 is 1.25 bits per heavy atom.